The van der Waals surface area contributed by atoms with E-state index in [1.165, 1.54) is 0 Å². The maximum atomic E-state index is 12.2. The van der Waals surface area contributed by atoms with E-state index < -0.39 is 0 Å². The number of carbonyl (C=O) groups excluding carboxylic acids is 1. The first-order valence-electron chi connectivity index (χ1n) is 7.32. The molecule has 1 heterocycles. The van der Waals surface area contributed by atoms with Crippen LogP contribution in [0.2, 0.25) is 0 Å². The molecular formula is C16H22N4O. The molecule has 0 saturated carbocycles. The van der Waals surface area contributed by atoms with Gasteiger partial charge in [0.05, 0.1) is 18.5 Å². The average Bonchev–Trinajstić information content (AvgIpc) is 2.54. The van der Waals surface area contributed by atoms with Gasteiger partial charge >= 0.3 is 0 Å². The molecule has 1 atom stereocenters. The summed E-state index contributed by atoms with van der Waals surface area (Å²) in [6.07, 6.45) is 0. The van der Waals surface area contributed by atoms with Crippen LogP contribution in [0, 0.1) is 11.3 Å². The Balaban J connectivity index is 1.86. The molecule has 0 radical (unpaired) electrons. The minimum absolute atomic E-state index is 0.142. The number of benzene rings is 1. The fourth-order valence-corrected chi connectivity index (χ4v) is 2.53. The molecule has 5 nitrogen and oxygen atoms in total. The second-order valence-corrected chi connectivity index (χ2v) is 5.42. The Labute approximate surface area is 126 Å². The summed E-state index contributed by atoms with van der Waals surface area (Å²) < 4.78 is 0. The van der Waals surface area contributed by atoms with Crippen molar-refractivity contribution in [1.82, 2.24) is 15.1 Å². The summed E-state index contributed by atoms with van der Waals surface area (Å²) in [5.41, 5.74) is 1.00. The molecule has 2 rings (SSSR count). The number of amides is 1. The largest absolute Gasteiger partial charge is 0.339 e. The first kappa shape index (κ1) is 15.5. The Morgan fingerprint density at radius 3 is 2.67 bits per heavy atom. The van der Waals surface area contributed by atoms with Gasteiger partial charge in [0.2, 0.25) is 5.91 Å². The highest BCUT2D eigenvalue weighted by Crippen LogP contribution is 2.15. The van der Waals surface area contributed by atoms with Crippen LogP contribution < -0.4 is 5.32 Å². The number of piperazine rings is 1. The molecule has 1 unspecified atom stereocenters. The zero-order valence-electron chi connectivity index (χ0n) is 12.5. The van der Waals surface area contributed by atoms with E-state index in [-0.39, 0.29) is 11.8 Å². The van der Waals surface area contributed by atoms with Crippen LogP contribution in [0.3, 0.4) is 0 Å². The molecule has 1 aliphatic heterocycles. The third-order valence-electron chi connectivity index (χ3n) is 3.73. The summed E-state index contributed by atoms with van der Waals surface area (Å²) in [4.78, 5) is 16.0. The van der Waals surface area contributed by atoms with Gasteiger partial charge in [-0.3, -0.25) is 9.69 Å². The van der Waals surface area contributed by atoms with Gasteiger partial charge in [-0.2, -0.15) is 5.26 Å². The topological polar surface area (TPSA) is 59.4 Å². The van der Waals surface area contributed by atoms with E-state index >= 15 is 0 Å². The van der Waals surface area contributed by atoms with Gasteiger partial charge in [0.1, 0.15) is 0 Å². The monoisotopic (exact) mass is 286 g/mol. The maximum Gasteiger partial charge on any atom is 0.236 e. The van der Waals surface area contributed by atoms with Crippen LogP contribution in [0.15, 0.2) is 30.3 Å². The molecule has 0 aliphatic carbocycles. The number of nitrogens with one attached hydrogen (secondary N) is 1. The van der Waals surface area contributed by atoms with E-state index in [1.54, 1.807) is 0 Å². The summed E-state index contributed by atoms with van der Waals surface area (Å²) in [7, 11) is 1.90. The highest BCUT2D eigenvalue weighted by Gasteiger charge is 2.19. The second-order valence-electron chi connectivity index (χ2n) is 5.42. The van der Waals surface area contributed by atoms with Crippen molar-refractivity contribution < 1.29 is 4.79 Å². The van der Waals surface area contributed by atoms with Crippen molar-refractivity contribution in [3.8, 4) is 6.07 Å². The van der Waals surface area contributed by atoms with Crippen LogP contribution in [0.1, 0.15) is 11.5 Å². The Bertz CT molecular complexity index is 491. The highest BCUT2D eigenvalue weighted by atomic mass is 16.2. The van der Waals surface area contributed by atoms with Crippen molar-refractivity contribution in [1.29, 1.82) is 5.26 Å². The lowest BCUT2D eigenvalue weighted by Crippen LogP contribution is -2.49. The minimum atomic E-state index is -0.202. The fourth-order valence-electron chi connectivity index (χ4n) is 2.53. The number of hydrogen-bond acceptors (Lipinski definition) is 4. The Kier molecular flexibility index (Phi) is 5.73. The number of rotatable bonds is 5. The minimum Gasteiger partial charge on any atom is -0.339 e. The first-order chi connectivity index (χ1) is 10.2. The maximum absolute atomic E-state index is 12.2. The third kappa shape index (κ3) is 4.55. The van der Waals surface area contributed by atoms with Gasteiger partial charge < -0.3 is 10.2 Å². The summed E-state index contributed by atoms with van der Waals surface area (Å²) >= 11 is 0. The predicted octanol–water partition coefficient (Wildman–Crippen LogP) is 0.657. The van der Waals surface area contributed by atoms with Crippen molar-refractivity contribution in [2.24, 2.45) is 0 Å². The summed E-state index contributed by atoms with van der Waals surface area (Å²) in [6.45, 7) is 4.20. The molecule has 5 heteroatoms. The van der Waals surface area contributed by atoms with Crippen molar-refractivity contribution in [3.63, 3.8) is 0 Å². The number of carbonyl (C=O) groups is 1. The highest BCUT2D eigenvalue weighted by molar-refractivity contribution is 5.78. The summed E-state index contributed by atoms with van der Waals surface area (Å²) in [5, 5.41) is 12.6. The Hall–Kier alpha value is -1.90. The lowest BCUT2D eigenvalue weighted by atomic mass is 10.0. The Morgan fingerprint density at radius 1 is 1.38 bits per heavy atom. The van der Waals surface area contributed by atoms with Crippen LogP contribution >= 0.6 is 0 Å². The first-order valence-corrected chi connectivity index (χ1v) is 7.32. The van der Waals surface area contributed by atoms with Crippen LogP contribution in [0.5, 0.6) is 0 Å². The van der Waals surface area contributed by atoms with Crippen LogP contribution in [-0.4, -0.2) is 62.0 Å². The van der Waals surface area contributed by atoms with Crippen molar-refractivity contribution in [3.05, 3.63) is 35.9 Å². The van der Waals surface area contributed by atoms with Gasteiger partial charge in [-0.15, -0.1) is 0 Å². The summed E-state index contributed by atoms with van der Waals surface area (Å²) in [6, 6.07) is 12.1. The molecular weight excluding hydrogens is 264 g/mol. The quantitative estimate of drug-likeness (QED) is 0.864. The molecule has 1 aromatic carbocycles. The SMILES string of the molecule is CN(CC(=O)N1CCNCC1)CC(C#N)c1ccccc1. The standard InChI is InChI=1S/C16H22N4O/c1-19(13-16(21)20-9-7-18-8-10-20)12-15(11-17)14-5-3-2-4-6-14/h2-6,15,18H,7-10,12-13H2,1H3. The number of hydrogen-bond donors (Lipinski definition) is 1. The van der Waals surface area contributed by atoms with Gasteiger partial charge in [-0.25, -0.2) is 0 Å². The van der Waals surface area contributed by atoms with Crippen molar-refractivity contribution in [2.75, 3.05) is 46.3 Å². The average molecular weight is 286 g/mol. The molecule has 0 spiro atoms. The van der Waals surface area contributed by atoms with Gasteiger partial charge in [0.15, 0.2) is 0 Å². The summed E-state index contributed by atoms with van der Waals surface area (Å²) in [5.74, 6) is -0.0595. The molecule has 21 heavy (non-hydrogen) atoms. The number of nitriles is 1. The van der Waals surface area contributed by atoms with Crippen molar-refractivity contribution >= 4 is 5.91 Å². The molecule has 112 valence electrons. The van der Waals surface area contributed by atoms with Crippen LogP contribution in [0.4, 0.5) is 0 Å². The zero-order valence-corrected chi connectivity index (χ0v) is 12.5. The molecule has 1 amide bonds. The zero-order chi connectivity index (χ0) is 15.1. The normalized spacial score (nSPS) is 16.5. The van der Waals surface area contributed by atoms with E-state index in [0.29, 0.717) is 13.1 Å². The van der Waals surface area contributed by atoms with Gasteiger partial charge in [-0.1, -0.05) is 30.3 Å². The molecule has 1 fully saturated rings. The van der Waals surface area contributed by atoms with Crippen LogP contribution in [0.25, 0.3) is 0 Å². The van der Waals surface area contributed by atoms with E-state index in [4.69, 9.17) is 0 Å². The third-order valence-corrected chi connectivity index (χ3v) is 3.73. The molecule has 1 N–H and O–H groups in total. The predicted molar refractivity (Wildman–Crippen MR) is 81.7 cm³/mol. The Morgan fingerprint density at radius 2 is 2.05 bits per heavy atom. The van der Waals surface area contributed by atoms with Crippen LogP contribution in [-0.2, 0) is 4.79 Å². The van der Waals surface area contributed by atoms with Gasteiger partial charge in [0, 0.05) is 32.7 Å². The number of likely N-dealkylation sites (N-methyl/N-ethyl adjacent to an activating group) is 1. The molecule has 0 aromatic heterocycles. The van der Waals surface area contributed by atoms with Gasteiger partial charge in [0.25, 0.3) is 0 Å². The smallest absolute Gasteiger partial charge is 0.236 e. The van der Waals surface area contributed by atoms with E-state index in [0.717, 1.165) is 31.7 Å². The molecule has 1 aliphatic rings. The lowest BCUT2D eigenvalue weighted by Gasteiger charge is -2.29. The number of nitrogens with zero attached hydrogens (tertiary/aromatic N) is 3. The van der Waals surface area contributed by atoms with E-state index in [1.807, 2.05) is 47.2 Å². The van der Waals surface area contributed by atoms with E-state index in [2.05, 4.69) is 11.4 Å². The molecule has 1 saturated heterocycles. The van der Waals surface area contributed by atoms with Gasteiger partial charge in [-0.05, 0) is 12.6 Å². The van der Waals surface area contributed by atoms with Crippen molar-refractivity contribution in [2.45, 2.75) is 5.92 Å². The molecule has 0 bridgehead atoms. The molecule has 1 aromatic rings. The second kappa shape index (κ2) is 7.77. The van der Waals surface area contributed by atoms with E-state index in [9.17, 15) is 10.1 Å². The fraction of sp³-hybridized carbons (Fsp3) is 0.500. The lowest BCUT2D eigenvalue weighted by molar-refractivity contribution is -0.132.